The Labute approximate surface area is 186 Å². The number of nitrogens with zero attached hydrogens (tertiary/aromatic N) is 3. The molecule has 1 fully saturated rings. The highest BCUT2D eigenvalue weighted by atomic mass is 16.5. The van der Waals surface area contributed by atoms with E-state index in [1.54, 1.807) is 12.3 Å². The molecule has 0 saturated carbocycles. The van der Waals surface area contributed by atoms with Crippen LogP contribution in [0.1, 0.15) is 33.5 Å². The van der Waals surface area contributed by atoms with Gasteiger partial charge in [-0.25, -0.2) is 4.98 Å². The summed E-state index contributed by atoms with van der Waals surface area (Å²) < 4.78 is 5.47. The molecular weight excluding hydrogens is 406 g/mol. The van der Waals surface area contributed by atoms with E-state index in [1.807, 2.05) is 24.4 Å². The first-order valence-electron chi connectivity index (χ1n) is 10.6. The van der Waals surface area contributed by atoms with Crippen molar-refractivity contribution in [2.24, 2.45) is 0 Å². The van der Waals surface area contributed by atoms with Gasteiger partial charge in [-0.15, -0.1) is 0 Å². The van der Waals surface area contributed by atoms with Gasteiger partial charge in [0.15, 0.2) is 0 Å². The number of aromatic nitrogens is 3. The van der Waals surface area contributed by atoms with Crippen LogP contribution in [0.4, 0.5) is 5.69 Å². The molecule has 0 atom stereocenters. The molecule has 1 aromatic carbocycles. The number of aromatic hydroxyl groups is 1. The average Bonchev–Trinajstić information content (AvgIpc) is 3.35. The number of hydrogen-bond donors (Lipinski definition) is 3. The van der Waals surface area contributed by atoms with E-state index in [0.717, 1.165) is 42.7 Å². The smallest absolute Gasteiger partial charge is 0.251 e. The Morgan fingerprint density at radius 1 is 1.19 bits per heavy atom. The number of carbonyl (C=O) groups is 1. The van der Waals surface area contributed by atoms with Gasteiger partial charge in [0.2, 0.25) is 5.88 Å². The van der Waals surface area contributed by atoms with Crippen LogP contribution in [0.3, 0.4) is 0 Å². The molecule has 3 N–H and O–H groups in total. The van der Waals surface area contributed by atoms with E-state index in [-0.39, 0.29) is 11.8 Å². The summed E-state index contributed by atoms with van der Waals surface area (Å²) in [6.07, 6.45) is 6.86. The monoisotopic (exact) mass is 431 g/mol. The van der Waals surface area contributed by atoms with Crippen molar-refractivity contribution in [1.82, 2.24) is 20.5 Å². The van der Waals surface area contributed by atoms with Gasteiger partial charge in [0.1, 0.15) is 0 Å². The van der Waals surface area contributed by atoms with Crippen molar-refractivity contribution in [2.45, 2.75) is 12.8 Å². The van der Waals surface area contributed by atoms with Crippen molar-refractivity contribution in [3.05, 3.63) is 71.2 Å². The fourth-order valence-electron chi connectivity index (χ4n) is 3.47. The maximum atomic E-state index is 12.7. The largest absolute Gasteiger partial charge is 0.493 e. The quantitative estimate of drug-likeness (QED) is 0.408. The normalized spacial score (nSPS) is 13.3. The number of aromatic amines is 1. The van der Waals surface area contributed by atoms with Crippen molar-refractivity contribution in [3.8, 4) is 17.7 Å². The van der Waals surface area contributed by atoms with E-state index in [1.165, 1.54) is 12.3 Å². The van der Waals surface area contributed by atoms with Crippen LogP contribution < -0.4 is 10.2 Å². The van der Waals surface area contributed by atoms with Crippen LogP contribution >= 0.6 is 0 Å². The molecule has 32 heavy (non-hydrogen) atoms. The second-order valence-corrected chi connectivity index (χ2v) is 7.45. The Morgan fingerprint density at radius 2 is 2.06 bits per heavy atom. The number of carbonyl (C=O) groups excluding carboxylic acids is 1. The maximum Gasteiger partial charge on any atom is 0.251 e. The Morgan fingerprint density at radius 3 is 2.81 bits per heavy atom. The number of morpholine rings is 1. The van der Waals surface area contributed by atoms with E-state index in [9.17, 15) is 9.90 Å². The first kappa shape index (κ1) is 21.4. The molecule has 0 aliphatic carbocycles. The van der Waals surface area contributed by atoms with Crippen LogP contribution in [0.2, 0.25) is 0 Å². The van der Waals surface area contributed by atoms with Gasteiger partial charge in [0.05, 0.1) is 25.1 Å². The topological polar surface area (TPSA) is 103 Å². The fraction of sp³-hybridized carbons (Fsp3) is 0.292. The third-order valence-corrected chi connectivity index (χ3v) is 5.18. The molecule has 1 saturated heterocycles. The highest BCUT2D eigenvalue weighted by Crippen LogP contribution is 2.23. The standard InChI is InChI=1S/C24H25N5O3/c30-23-8-4-18(15-26-23)3-5-20-14-21(6-7-22(20)29-10-12-32-13-11-29)24(31)25-9-1-2-19-16-27-28-17-19/h4,6-8,14-17H,1-2,9-13H2,(H,25,31)(H,26,30)(H,27,28). The predicted octanol–water partition coefficient (Wildman–Crippen LogP) is 2.11. The number of benzene rings is 1. The van der Waals surface area contributed by atoms with Crippen molar-refractivity contribution in [2.75, 3.05) is 37.7 Å². The summed E-state index contributed by atoms with van der Waals surface area (Å²) in [5, 5.41) is 19.1. The van der Waals surface area contributed by atoms with Crippen LogP contribution in [0.5, 0.6) is 5.88 Å². The van der Waals surface area contributed by atoms with Gasteiger partial charge >= 0.3 is 0 Å². The molecule has 0 spiro atoms. The Bertz CT molecular complexity index is 1090. The van der Waals surface area contributed by atoms with E-state index in [4.69, 9.17) is 4.74 Å². The molecule has 8 nitrogen and oxygen atoms in total. The van der Waals surface area contributed by atoms with Crippen LogP contribution in [0.25, 0.3) is 0 Å². The third kappa shape index (κ3) is 5.65. The van der Waals surface area contributed by atoms with Crippen LogP contribution in [-0.4, -0.2) is 59.0 Å². The fourth-order valence-corrected chi connectivity index (χ4v) is 3.47. The summed E-state index contributed by atoms with van der Waals surface area (Å²) in [4.78, 5) is 18.8. The molecule has 0 bridgehead atoms. The van der Waals surface area contributed by atoms with Gasteiger partial charge < -0.3 is 20.1 Å². The van der Waals surface area contributed by atoms with Gasteiger partial charge in [-0.1, -0.05) is 11.8 Å². The number of hydrogen-bond acceptors (Lipinski definition) is 6. The molecule has 0 unspecified atom stereocenters. The van der Waals surface area contributed by atoms with Crippen LogP contribution in [-0.2, 0) is 11.2 Å². The Kier molecular flexibility index (Phi) is 7.00. The molecule has 2 aromatic heterocycles. The number of rotatable bonds is 6. The zero-order chi connectivity index (χ0) is 22.2. The molecule has 3 heterocycles. The van der Waals surface area contributed by atoms with E-state index in [0.29, 0.717) is 30.9 Å². The predicted molar refractivity (Wildman–Crippen MR) is 121 cm³/mol. The Hall–Kier alpha value is -3.83. The summed E-state index contributed by atoms with van der Waals surface area (Å²) >= 11 is 0. The third-order valence-electron chi connectivity index (χ3n) is 5.18. The van der Waals surface area contributed by atoms with Crippen LogP contribution in [0, 0.1) is 11.8 Å². The lowest BCUT2D eigenvalue weighted by molar-refractivity contribution is 0.0953. The highest BCUT2D eigenvalue weighted by molar-refractivity contribution is 5.95. The van der Waals surface area contributed by atoms with Gasteiger partial charge in [-0.2, -0.15) is 5.10 Å². The second kappa shape index (κ2) is 10.5. The number of amides is 1. The van der Waals surface area contributed by atoms with E-state index in [2.05, 4.69) is 37.2 Å². The molecule has 1 amide bonds. The lowest BCUT2D eigenvalue weighted by atomic mass is 10.1. The van der Waals surface area contributed by atoms with Gasteiger partial charge in [0.25, 0.3) is 5.91 Å². The number of ether oxygens (including phenoxy) is 1. The van der Waals surface area contributed by atoms with Crippen molar-refractivity contribution in [1.29, 1.82) is 0 Å². The summed E-state index contributed by atoms with van der Waals surface area (Å²) in [6.45, 7) is 3.45. The average molecular weight is 431 g/mol. The lowest BCUT2D eigenvalue weighted by Crippen LogP contribution is -2.36. The lowest BCUT2D eigenvalue weighted by Gasteiger charge is -2.30. The number of pyridine rings is 1. The molecule has 8 heteroatoms. The number of aryl methyl sites for hydroxylation is 1. The maximum absolute atomic E-state index is 12.7. The minimum absolute atomic E-state index is 0.0454. The molecule has 3 aromatic rings. The molecule has 4 rings (SSSR count). The molecular formula is C24H25N5O3. The second-order valence-electron chi connectivity index (χ2n) is 7.45. The summed E-state index contributed by atoms with van der Waals surface area (Å²) in [7, 11) is 0. The zero-order valence-corrected chi connectivity index (χ0v) is 17.7. The SMILES string of the molecule is O=C(NCCCc1cn[nH]c1)c1ccc(N2CCOCC2)c(C#Cc2ccc(O)nc2)c1. The van der Waals surface area contributed by atoms with Crippen molar-refractivity contribution < 1.29 is 14.6 Å². The van der Waals surface area contributed by atoms with Gasteiger partial charge in [-0.3, -0.25) is 9.89 Å². The minimum Gasteiger partial charge on any atom is -0.493 e. The van der Waals surface area contributed by atoms with Gasteiger partial charge in [0, 0.05) is 54.8 Å². The van der Waals surface area contributed by atoms with E-state index < -0.39 is 0 Å². The van der Waals surface area contributed by atoms with E-state index >= 15 is 0 Å². The molecule has 1 aliphatic heterocycles. The first-order valence-corrected chi connectivity index (χ1v) is 10.6. The minimum atomic E-state index is -0.125. The van der Waals surface area contributed by atoms with Gasteiger partial charge in [-0.05, 0) is 42.7 Å². The summed E-state index contributed by atoms with van der Waals surface area (Å²) in [5.41, 5.74) is 4.12. The van der Waals surface area contributed by atoms with Crippen LogP contribution in [0.15, 0.2) is 48.9 Å². The Balaban J connectivity index is 1.49. The molecule has 1 aliphatic rings. The first-order chi connectivity index (χ1) is 15.7. The number of H-pyrrole nitrogens is 1. The highest BCUT2D eigenvalue weighted by Gasteiger charge is 2.16. The number of anilines is 1. The summed E-state index contributed by atoms with van der Waals surface area (Å²) in [5.74, 6) is 6.09. The molecule has 0 radical (unpaired) electrons. The summed E-state index contributed by atoms with van der Waals surface area (Å²) in [6, 6.07) is 8.83. The van der Waals surface area contributed by atoms with Crippen molar-refractivity contribution in [3.63, 3.8) is 0 Å². The number of nitrogens with one attached hydrogen (secondary N) is 2. The zero-order valence-electron chi connectivity index (χ0n) is 17.7. The molecule has 164 valence electrons. The van der Waals surface area contributed by atoms with Crippen molar-refractivity contribution >= 4 is 11.6 Å².